The van der Waals surface area contributed by atoms with Crippen LogP contribution in [-0.4, -0.2) is 18.0 Å². The lowest BCUT2D eigenvalue weighted by Gasteiger charge is -2.07. The van der Waals surface area contributed by atoms with Crippen LogP contribution in [0.15, 0.2) is 0 Å². The lowest BCUT2D eigenvalue weighted by atomic mass is 10.1. The van der Waals surface area contributed by atoms with E-state index in [1.807, 2.05) is 0 Å². The van der Waals surface area contributed by atoms with Crippen molar-refractivity contribution in [1.29, 1.82) is 0 Å². The Kier molecular flexibility index (Phi) is 7.65. The van der Waals surface area contributed by atoms with E-state index in [9.17, 15) is 13.6 Å². The number of hydrogen-bond donors (Lipinski definition) is 0. The molecule has 0 N–H and O–H groups in total. The Hall–Kier alpha value is -0.380. The summed E-state index contributed by atoms with van der Waals surface area (Å²) >= 11 is 4.46. The van der Waals surface area contributed by atoms with Crippen molar-refractivity contribution in [2.45, 2.75) is 50.8 Å². The van der Waals surface area contributed by atoms with E-state index in [0.717, 1.165) is 25.7 Å². The zero-order chi connectivity index (χ0) is 11.7. The molecule has 0 saturated carbocycles. The van der Waals surface area contributed by atoms with E-state index in [1.54, 1.807) is 0 Å². The highest BCUT2D eigenvalue weighted by atomic mass is 35.5. The molecule has 0 aliphatic rings. The summed E-state index contributed by atoms with van der Waals surface area (Å²) in [6, 6.07) is 0. The van der Waals surface area contributed by atoms with Crippen molar-refractivity contribution in [1.82, 2.24) is 0 Å². The molecule has 0 aromatic rings. The van der Waals surface area contributed by atoms with E-state index >= 15 is 0 Å². The van der Waals surface area contributed by atoms with Gasteiger partial charge in [-0.25, -0.2) is 4.79 Å². The minimum absolute atomic E-state index is 0.0211. The van der Waals surface area contributed by atoms with E-state index in [2.05, 4.69) is 23.3 Å². The summed E-state index contributed by atoms with van der Waals surface area (Å²) in [6.07, 6.45) is 6.02. The molecule has 0 unspecified atom stereocenters. The molecule has 0 radical (unpaired) electrons. The second-order valence-corrected chi connectivity index (χ2v) is 3.88. The predicted molar refractivity (Wildman–Crippen MR) is 55.1 cm³/mol. The molecular weight excluding hydrogens is 226 g/mol. The van der Waals surface area contributed by atoms with Gasteiger partial charge >= 0.3 is 11.4 Å². The van der Waals surface area contributed by atoms with Crippen LogP contribution in [0.4, 0.5) is 8.78 Å². The molecule has 5 heteroatoms. The van der Waals surface area contributed by atoms with Crippen LogP contribution in [-0.2, 0) is 9.53 Å². The molecule has 0 heterocycles. The van der Waals surface area contributed by atoms with Crippen LogP contribution in [0.1, 0.15) is 45.4 Å². The van der Waals surface area contributed by atoms with E-state index in [0.29, 0.717) is 6.42 Å². The first-order valence-corrected chi connectivity index (χ1v) is 5.60. The molecule has 0 saturated heterocycles. The van der Waals surface area contributed by atoms with Gasteiger partial charge in [-0.1, -0.05) is 39.0 Å². The molecule has 90 valence electrons. The highest BCUT2D eigenvalue weighted by Gasteiger charge is 2.37. The van der Waals surface area contributed by atoms with Gasteiger partial charge in [-0.3, -0.25) is 0 Å². The third-order valence-electron chi connectivity index (χ3n) is 1.96. The normalized spacial score (nSPS) is 11.5. The van der Waals surface area contributed by atoms with Gasteiger partial charge in [0.2, 0.25) is 0 Å². The SMILES string of the molecule is CCCCCCCCOC(=O)C(F)(F)Cl. The summed E-state index contributed by atoms with van der Waals surface area (Å²) < 4.78 is 28.5. The fourth-order valence-electron chi connectivity index (χ4n) is 1.13. The van der Waals surface area contributed by atoms with Crippen LogP contribution in [0.5, 0.6) is 0 Å². The molecule has 0 aliphatic carbocycles. The maximum atomic E-state index is 12.1. The first-order valence-electron chi connectivity index (χ1n) is 5.22. The molecule has 0 amide bonds. The maximum absolute atomic E-state index is 12.1. The zero-order valence-corrected chi connectivity index (χ0v) is 9.66. The lowest BCUT2D eigenvalue weighted by Crippen LogP contribution is -2.24. The van der Waals surface area contributed by atoms with Gasteiger partial charge in [0.1, 0.15) is 0 Å². The van der Waals surface area contributed by atoms with Gasteiger partial charge in [-0.05, 0) is 18.0 Å². The summed E-state index contributed by atoms with van der Waals surface area (Å²) in [5.41, 5.74) is 0. The van der Waals surface area contributed by atoms with Crippen LogP contribution in [0.25, 0.3) is 0 Å². The molecule has 15 heavy (non-hydrogen) atoms. The average molecular weight is 243 g/mol. The summed E-state index contributed by atoms with van der Waals surface area (Å²) in [5, 5.41) is -3.89. The minimum Gasteiger partial charge on any atom is -0.460 e. The van der Waals surface area contributed by atoms with Gasteiger partial charge in [0.05, 0.1) is 6.61 Å². The zero-order valence-electron chi connectivity index (χ0n) is 8.90. The second-order valence-electron chi connectivity index (χ2n) is 3.40. The predicted octanol–water partition coefficient (Wildman–Crippen LogP) is 3.72. The number of ether oxygens (including phenoxy) is 1. The fraction of sp³-hybridized carbons (Fsp3) is 0.900. The fourth-order valence-corrected chi connectivity index (χ4v) is 1.18. The second kappa shape index (κ2) is 7.85. The number of halogens is 3. The van der Waals surface area contributed by atoms with Gasteiger partial charge in [-0.15, -0.1) is 0 Å². The Labute approximate surface area is 93.9 Å². The number of alkyl halides is 3. The van der Waals surface area contributed by atoms with Crippen molar-refractivity contribution in [2.75, 3.05) is 6.61 Å². The van der Waals surface area contributed by atoms with Crippen molar-refractivity contribution >= 4 is 17.6 Å². The van der Waals surface area contributed by atoms with Gasteiger partial charge in [-0.2, -0.15) is 8.78 Å². The number of hydrogen-bond acceptors (Lipinski definition) is 2. The minimum atomic E-state index is -3.89. The van der Waals surface area contributed by atoms with Crippen LogP contribution >= 0.6 is 11.6 Å². The van der Waals surface area contributed by atoms with Crippen LogP contribution < -0.4 is 0 Å². The maximum Gasteiger partial charge on any atom is 0.417 e. The molecule has 0 aromatic heterocycles. The molecule has 0 atom stereocenters. The van der Waals surface area contributed by atoms with E-state index in [1.165, 1.54) is 6.42 Å². The van der Waals surface area contributed by atoms with Crippen molar-refractivity contribution in [3.8, 4) is 0 Å². The van der Waals surface area contributed by atoms with Crippen LogP contribution in [0, 0.1) is 0 Å². The average Bonchev–Trinajstić information content (AvgIpc) is 2.14. The van der Waals surface area contributed by atoms with Gasteiger partial charge < -0.3 is 4.74 Å². The summed E-state index contributed by atoms with van der Waals surface area (Å²) in [4.78, 5) is 10.5. The molecule has 0 bridgehead atoms. The highest BCUT2D eigenvalue weighted by Crippen LogP contribution is 2.20. The quantitative estimate of drug-likeness (QED) is 0.368. The first-order chi connectivity index (χ1) is 6.98. The monoisotopic (exact) mass is 242 g/mol. The number of esters is 1. The molecule has 0 aliphatic heterocycles. The van der Waals surface area contributed by atoms with Gasteiger partial charge in [0, 0.05) is 0 Å². The van der Waals surface area contributed by atoms with E-state index in [4.69, 9.17) is 0 Å². The molecule has 0 fully saturated rings. The lowest BCUT2D eigenvalue weighted by molar-refractivity contribution is -0.161. The van der Waals surface area contributed by atoms with E-state index in [-0.39, 0.29) is 6.61 Å². The smallest absolute Gasteiger partial charge is 0.417 e. The number of carbonyl (C=O) groups excluding carboxylic acids is 1. The van der Waals surface area contributed by atoms with Gasteiger partial charge in [0.15, 0.2) is 0 Å². The molecule has 2 nitrogen and oxygen atoms in total. The van der Waals surface area contributed by atoms with Crippen molar-refractivity contribution in [2.24, 2.45) is 0 Å². The third-order valence-corrected chi connectivity index (χ3v) is 2.12. The third kappa shape index (κ3) is 8.60. The summed E-state index contributed by atoms with van der Waals surface area (Å²) in [6.45, 7) is 2.14. The van der Waals surface area contributed by atoms with Crippen LogP contribution in [0.3, 0.4) is 0 Å². The summed E-state index contributed by atoms with van der Waals surface area (Å²) in [5.74, 6) is -1.65. The molecular formula is C10H17ClF2O2. The number of carbonyl (C=O) groups is 1. The Morgan fingerprint density at radius 1 is 1.20 bits per heavy atom. The Bertz CT molecular complexity index is 181. The van der Waals surface area contributed by atoms with Crippen molar-refractivity contribution < 1.29 is 18.3 Å². The Balaban J connectivity index is 3.28. The molecule has 0 rings (SSSR count). The topological polar surface area (TPSA) is 26.3 Å². The molecule has 0 aromatic carbocycles. The van der Waals surface area contributed by atoms with Gasteiger partial charge in [0.25, 0.3) is 0 Å². The van der Waals surface area contributed by atoms with Crippen LogP contribution in [0.2, 0.25) is 0 Å². The molecule has 0 spiro atoms. The largest absolute Gasteiger partial charge is 0.460 e. The van der Waals surface area contributed by atoms with Crippen molar-refractivity contribution in [3.63, 3.8) is 0 Å². The highest BCUT2D eigenvalue weighted by molar-refractivity contribution is 6.31. The summed E-state index contributed by atoms with van der Waals surface area (Å²) in [7, 11) is 0. The Morgan fingerprint density at radius 3 is 2.27 bits per heavy atom. The number of unbranched alkanes of at least 4 members (excludes halogenated alkanes) is 5. The standard InChI is InChI=1S/C10H17ClF2O2/c1-2-3-4-5-6-7-8-15-9(14)10(11,12)13/h2-8H2,1H3. The first kappa shape index (κ1) is 14.6. The van der Waals surface area contributed by atoms with Crippen molar-refractivity contribution in [3.05, 3.63) is 0 Å². The Morgan fingerprint density at radius 2 is 1.73 bits per heavy atom. The van der Waals surface area contributed by atoms with E-state index < -0.39 is 11.4 Å². The number of rotatable bonds is 8.